The lowest BCUT2D eigenvalue weighted by molar-refractivity contribution is 0.758. The van der Waals surface area contributed by atoms with E-state index in [1.165, 1.54) is 0 Å². The van der Waals surface area contributed by atoms with Crippen LogP contribution >= 0.6 is 23.4 Å². The highest BCUT2D eigenvalue weighted by Crippen LogP contribution is 2.10. The number of hydrogen-bond acceptors (Lipinski definition) is 6. The third-order valence-electron chi connectivity index (χ3n) is 1.90. The molecule has 0 radical (unpaired) electrons. The molecule has 0 aliphatic rings. The molecule has 0 saturated heterocycles. The number of nitrogens with one attached hydrogen (secondary N) is 1. The normalized spacial score (nSPS) is 12.4. The summed E-state index contributed by atoms with van der Waals surface area (Å²) in [5, 5.41) is 3.26. The Labute approximate surface area is 105 Å². The molecule has 90 valence electrons. The van der Waals surface area contributed by atoms with E-state index in [9.17, 15) is 0 Å². The van der Waals surface area contributed by atoms with Crippen LogP contribution < -0.4 is 11.1 Å². The molecule has 16 heavy (non-hydrogen) atoms. The van der Waals surface area contributed by atoms with Crippen molar-refractivity contribution in [1.29, 1.82) is 0 Å². The Kier molecular flexibility index (Phi) is 5.62. The van der Waals surface area contributed by atoms with Crippen LogP contribution in [0.5, 0.6) is 0 Å². The molecule has 3 N–H and O–H groups in total. The fourth-order valence-corrected chi connectivity index (χ4v) is 2.10. The monoisotopic (exact) mass is 261 g/mol. The van der Waals surface area contributed by atoms with Crippen LogP contribution in [0.25, 0.3) is 0 Å². The van der Waals surface area contributed by atoms with Gasteiger partial charge in [-0.05, 0) is 36.5 Å². The SMILES string of the molecule is CCSCCC(C)Nc1nc(N)nc(Cl)n1. The van der Waals surface area contributed by atoms with Crippen LogP contribution in [0.2, 0.25) is 5.28 Å². The van der Waals surface area contributed by atoms with E-state index in [-0.39, 0.29) is 17.3 Å². The zero-order valence-electron chi connectivity index (χ0n) is 9.40. The van der Waals surface area contributed by atoms with E-state index in [1.807, 2.05) is 11.8 Å². The van der Waals surface area contributed by atoms with E-state index < -0.39 is 0 Å². The van der Waals surface area contributed by atoms with Gasteiger partial charge < -0.3 is 11.1 Å². The van der Waals surface area contributed by atoms with Crippen molar-refractivity contribution >= 4 is 35.3 Å². The van der Waals surface area contributed by atoms with Gasteiger partial charge >= 0.3 is 0 Å². The molecule has 0 aliphatic carbocycles. The summed E-state index contributed by atoms with van der Waals surface area (Å²) < 4.78 is 0. The second-order valence-corrected chi connectivity index (χ2v) is 5.05. The van der Waals surface area contributed by atoms with Crippen molar-refractivity contribution in [2.75, 3.05) is 22.6 Å². The lowest BCUT2D eigenvalue weighted by Gasteiger charge is -2.13. The summed E-state index contributed by atoms with van der Waals surface area (Å²) in [7, 11) is 0. The van der Waals surface area contributed by atoms with Crippen LogP contribution in [0.3, 0.4) is 0 Å². The Morgan fingerprint density at radius 1 is 1.44 bits per heavy atom. The van der Waals surface area contributed by atoms with Crippen LogP contribution in [0.4, 0.5) is 11.9 Å². The van der Waals surface area contributed by atoms with Gasteiger partial charge in [-0.25, -0.2) is 0 Å². The zero-order chi connectivity index (χ0) is 12.0. The number of anilines is 2. The third kappa shape index (κ3) is 4.85. The number of rotatable bonds is 6. The summed E-state index contributed by atoms with van der Waals surface area (Å²) in [6.45, 7) is 4.22. The molecule has 1 rings (SSSR count). The maximum atomic E-state index is 5.67. The van der Waals surface area contributed by atoms with Crippen LogP contribution in [-0.4, -0.2) is 32.5 Å². The highest BCUT2D eigenvalue weighted by Gasteiger charge is 2.06. The molecule has 1 unspecified atom stereocenters. The molecule has 0 aliphatic heterocycles. The molecule has 0 bridgehead atoms. The summed E-state index contributed by atoms with van der Waals surface area (Å²) in [6, 6.07) is 0.289. The van der Waals surface area contributed by atoms with Gasteiger partial charge in [-0.1, -0.05) is 6.92 Å². The van der Waals surface area contributed by atoms with Gasteiger partial charge in [0.1, 0.15) is 0 Å². The Morgan fingerprint density at radius 2 is 2.19 bits per heavy atom. The van der Waals surface area contributed by atoms with Crippen molar-refractivity contribution in [3.8, 4) is 0 Å². The Hall–Kier alpha value is -0.750. The van der Waals surface area contributed by atoms with Gasteiger partial charge in [0.15, 0.2) is 0 Å². The first-order valence-corrected chi connectivity index (χ1v) is 6.66. The second kappa shape index (κ2) is 6.75. The number of nitrogens with zero attached hydrogens (tertiary/aromatic N) is 3. The summed E-state index contributed by atoms with van der Waals surface area (Å²) in [4.78, 5) is 11.6. The van der Waals surface area contributed by atoms with Crippen LogP contribution in [0.1, 0.15) is 20.3 Å². The number of thioether (sulfide) groups is 1. The average Bonchev–Trinajstić information content (AvgIpc) is 2.16. The summed E-state index contributed by atoms with van der Waals surface area (Å²) >= 11 is 7.58. The Bertz CT molecular complexity index is 315. The fraction of sp³-hybridized carbons (Fsp3) is 0.667. The van der Waals surface area contributed by atoms with E-state index >= 15 is 0 Å². The topological polar surface area (TPSA) is 76.7 Å². The number of nitrogen functional groups attached to an aromatic ring is 1. The molecule has 7 heteroatoms. The first kappa shape index (κ1) is 13.3. The molecule has 0 spiro atoms. The van der Waals surface area contributed by atoms with Gasteiger partial charge in [0.2, 0.25) is 17.2 Å². The molecule has 5 nitrogen and oxygen atoms in total. The molecule has 0 aromatic carbocycles. The molecule has 1 aromatic heterocycles. The van der Waals surface area contributed by atoms with E-state index in [1.54, 1.807) is 0 Å². The minimum atomic E-state index is 0.116. The molecule has 1 aromatic rings. The number of halogens is 1. The third-order valence-corrected chi connectivity index (χ3v) is 3.00. The smallest absolute Gasteiger partial charge is 0.229 e. The van der Waals surface area contributed by atoms with E-state index in [0.29, 0.717) is 5.95 Å². The number of hydrogen-bond donors (Lipinski definition) is 2. The van der Waals surface area contributed by atoms with Crippen molar-refractivity contribution in [3.63, 3.8) is 0 Å². The maximum absolute atomic E-state index is 5.67. The second-order valence-electron chi connectivity index (χ2n) is 3.32. The predicted molar refractivity (Wildman–Crippen MR) is 70.0 cm³/mol. The van der Waals surface area contributed by atoms with Gasteiger partial charge in [0.25, 0.3) is 0 Å². The lowest BCUT2D eigenvalue weighted by Crippen LogP contribution is -2.18. The standard InChI is InChI=1S/C9H16ClN5S/c1-3-16-5-4-6(2)12-9-14-7(10)13-8(11)15-9/h6H,3-5H2,1-2H3,(H3,11,12,13,14,15). The minimum absolute atomic E-state index is 0.116. The Morgan fingerprint density at radius 3 is 2.81 bits per heavy atom. The molecule has 1 heterocycles. The van der Waals surface area contributed by atoms with Crippen molar-refractivity contribution in [2.45, 2.75) is 26.3 Å². The quantitative estimate of drug-likeness (QED) is 0.764. The Balaban J connectivity index is 2.45. The average molecular weight is 262 g/mol. The van der Waals surface area contributed by atoms with Gasteiger partial charge in [-0.3, -0.25) is 0 Å². The zero-order valence-corrected chi connectivity index (χ0v) is 11.0. The summed E-state index contributed by atoms with van der Waals surface area (Å²) in [5.74, 6) is 2.82. The molecular formula is C9H16ClN5S. The summed E-state index contributed by atoms with van der Waals surface area (Å²) in [5.41, 5.74) is 5.47. The number of nitrogens with two attached hydrogens (primary N) is 1. The van der Waals surface area contributed by atoms with Gasteiger partial charge in [-0.2, -0.15) is 26.7 Å². The van der Waals surface area contributed by atoms with Crippen molar-refractivity contribution in [1.82, 2.24) is 15.0 Å². The predicted octanol–water partition coefficient (Wildman–Crippen LogP) is 2.05. The van der Waals surface area contributed by atoms with Crippen molar-refractivity contribution in [3.05, 3.63) is 5.28 Å². The van der Waals surface area contributed by atoms with E-state index in [2.05, 4.69) is 34.1 Å². The summed E-state index contributed by atoms with van der Waals surface area (Å²) in [6.07, 6.45) is 1.04. The fourth-order valence-electron chi connectivity index (χ4n) is 1.13. The molecule has 0 saturated carbocycles. The van der Waals surface area contributed by atoms with Gasteiger partial charge in [0, 0.05) is 6.04 Å². The van der Waals surface area contributed by atoms with E-state index in [0.717, 1.165) is 17.9 Å². The lowest BCUT2D eigenvalue weighted by atomic mass is 10.3. The molecule has 0 fully saturated rings. The highest BCUT2D eigenvalue weighted by atomic mass is 35.5. The van der Waals surface area contributed by atoms with Crippen LogP contribution in [0.15, 0.2) is 0 Å². The number of aromatic nitrogens is 3. The van der Waals surface area contributed by atoms with Crippen molar-refractivity contribution < 1.29 is 0 Å². The van der Waals surface area contributed by atoms with E-state index in [4.69, 9.17) is 17.3 Å². The van der Waals surface area contributed by atoms with Crippen LogP contribution in [-0.2, 0) is 0 Å². The van der Waals surface area contributed by atoms with Gasteiger partial charge in [0.05, 0.1) is 0 Å². The largest absolute Gasteiger partial charge is 0.368 e. The molecule has 0 amide bonds. The first-order valence-electron chi connectivity index (χ1n) is 5.13. The minimum Gasteiger partial charge on any atom is -0.368 e. The molecule has 1 atom stereocenters. The highest BCUT2D eigenvalue weighted by molar-refractivity contribution is 7.99. The van der Waals surface area contributed by atoms with Crippen LogP contribution in [0, 0.1) is 0 Å². The van der Waals surface area contributed by atoms with Gasteiger partial charge in [-0.15, -0.1) is 0 Å². The molecular weight excluding hydrogens is 246 g/mol. The maximum Gasteiger partial charge on any atom is 0.229 e. The van der Waals surface area contributed by atoms with Crippen molar-refractivity contribution in [2.24, 2.45) is 0 Å². The first-order chi connectivity index (χ1) is 7.61.